The number of allylic oxidation sites excluding steroid dienone is 1. The molecule has 0 aromatic carbocycles. The molecule has 19 heavy (non-hydrogen) atoms. The molecule has 0 amide bonds. The summed E-state index contributed by atoms with van der Waals surface area (Å²) in [5.41, 5.74) is 0.897. The fourth-order valence-electron chi connectivity index (χ4n) is 1.56. The maximum Gasteiger partial charge on any atom is 0.193 e. The van der Waals surface area contributed by atoms with Crippen LogP contribution < -0.4 is 0 Å². The fraction of sp³-hybridized carbons (Fsp3) is 0.231. The van der Waals surface area contributed by atoms with Crippen molar-refractivity contribution in [2.45, 2.75) is 23.9 Å². The minimum absolute atomic E-state index is 0.172. The van der Waals surface area contributed by atoms with E-state index in [1.165, 1.54) is 11.8 Å². The van der Waals surface area contributed by atoms with Crippen LogP contribution in [0.5, 0.6) is 0 Å². The van der Waals surface area contributed by atoms with E-state index in [0.29, 0.717) is 11.7 Å². The van der Waals surface area contributed by atoms with Crippen molar-refractivity contribution in [3.63, 3.8) is 0 Å². The number of nitriles is 1. The Labute approximate surface area is 116 Å². The Morgan fingerprint density at radius 2 is 2.42 bits per heavy atom. The summed E-state index contributed by atoms with van der Waals surface area (Å²) in [6.45, 7) is 6.17. The van der Waals surface area contributed by atoms with E-state index in [9.17, 15) is 0 Å². The molecule has 5 nitrogen and oxygen atoms in total. The summed E-state index contributed by atoms with van der Waals surface area (Å²) in [6, 6.07) is 5.96. The average Bonchev–Trinajstić information content (AvgIpc) is 2.83. The molecule has 0 aliphatic carbocycles. The number of thioether (sulfide) groups is 1. The molecule has 2 rings (SSSR count). The highest BCUT2D eigenvalue weighted by molar-refractivity contribution is 8.00. The number of hydrogen-bond donors (Lipinski definition) is 0. The summed E-state index contributed by atoms with van der Waals surface area (Å²) < 4.78 is 1.93. The van der Waals surface area contributed by atoms with Gasteiger partial charge in [0, 0.05) is 24.5 Å². The van der Waals surface area contributed by atoms with Crippen LogP contribution in [0.4, 0.5) is 0 Å². The number of pyridine rings is 1. The Balaban J connectivity index is 2.40. The molecule has 1 unspecified atom stereocenters. The van der Waals surface area contributed by atoms with Crippen LogP contribution in [-0.4, -0.2) is 25.0 Å². The lowest BCUT2D eigenvalue weighted by Crippen LogP contribution is -2.02. The van der Waals surface area contributed by atoms with Crippen molar-refractivity contribution in [2.24, 2.45) is 0 Å². The zero-order valence-electron chi connectivity index (χ0n) is 10.5. The highest BCUT2D eigenvalue weighted by Crippen LogP contribution is 2.26. The third kappa shape index (κ3) is 3.01. The molecular weight excluding hydrogens is 258 g/mol. The predicted octanol–water partition coefficient (Wildman–Crippen LogP) is 2.53. The van der Waals surface area contributed by atoms with Crippen LogP contribution in [-0.2, 0) is 6.54 Å². The quantitative estimate of drug-likeness (QED) is 0.617. The first-order valence-corrected chi connectivity index (χ1v) is 6.65. The Bertz CT molecular complexity index is 599. The Kier molecular flexibility index (Phi) is 4.31. The van der Waals surface area contributed by atoms with E-state index >= 15 is 0 Å². The molecule has 0 saturated carbocycles. The van der Waals surface area contributed by atoms with Gasteiger partial charge in [0.15, 0.2) is 11.0 Å². The second-order valence-electron chi connectivity index (χ2n) is 3.84. The van der Waals surface area contributed by atoms with Gasteiger partial charge in [-0.1, -0.05) is 17.8 Å². The normalized spacial score (nSPS) is 11.8. The van der Waals surface area contributed by atoms with Crippen molar-refractivity contribution in [3.8, 4) is 17.5 Å². The van der Waals surface area contributed by atoms with Crippen LogP contribution in [0, 0.1) is 11.3 Å². The molecule has 0 N–H and O–H groups in total. The van der Waals surface area contributed by atoms with Crippen molar-refractivity contribution in [2.75, 3.05) is 0 Å². The predicted molar refractivity (Wildman–Crippen MR) is 74.4 cm³/mol. The van der Waals surface area contributed by atoms with Crippen LogP contribution in [0.25, 0.3) is 11.4 Å². The van der Waals surface area contributed by atoms with Gasteiger partial charge >= 0.3 is 0 Å². The van der Waals surface area contributed by atoms with Gasteiger partial charge in [-0.25, -0.2) is 0 Å². The van der Waals surface area contributed by atoms with Crippen LogP contribution in [0.1, 0.15) is 6.92 Å². The molecule has 1 atom stereocenters. The molecule has 6 heteroatoms. The smallest absolute Gasteiger partial charge is 0.193 e. The van der Waals surface area contributed by atoms with Gasteiger partial charge in [0.05, 0.1) is 11.3 Å². The van der Waals surface area contributed by atoms with Crippen molar-refractivity contribution in [1.82, 2.24) is 19.7 Å². The van der Waals surface area contributed by atoms with Gasteiger partial charge in [-0.05, 0) is 19.1 Å². The second-order valence-corrected chi connectivity index (χ2v) is 5.14. The maximum atomic E-state index is 8.88. The molecule has 0 bridgehead atoms. The van der Waals surface area contributed by atoms with Crippen LogP contribution >= 0.6 is 11.8 Å². The molecule has 0 spiro atoms. The monoisotopic (exact) mass is 271 g/mol. The van der Waals surface area contributed by atoms with E-state index in [1.807, 2.05) is 23.6 Å². The van der Waals surface area contributed by atoms with E-state index in [-0.39, 0.29) is 5.25 Å². The van der Waals surface area contributed by atoms with Crippen molar-refractivity contribution in [3.05, 3.63) is 37.2 Å². The summed E-state index contributed by atoms with van der Waals surface area (Å²) in [6.07, 6.45) is 5.24. The third-order valence-electron chi connectivity index (χ3n) is 2.41. The fourth-order valence-corrected chi connectivity index (χ4v) is 2.31. The Hall–Kier alpha value is -2.13. The lowest BCUT2D eigenvalue weighted by atomic mass is 10.3. The summed E-state index contributed by atoms with van der Waals surface area (Å²) >= 11 is 1.39. The molecule has 2 heterocycles. The minimum atomic E-state index is -0.172. The van der Waals surface area contributed by atoms with E-state index in [4.69, 9.17) is 5.26 Å². The van der Waals surface area contributed by atoms with Gasteiger partial charge < -0.3 is 0 Å². The van der Waals surface area contributed by atoms with Gasteiger partial charge in [-0.3, -0.25) is 9.55 Å². The second kappa shape index (κ2) is 6.16. The Morgan fingerprint density at radius 1 is 1.58 bits per heavy atom. The van der Waals surface area contributed by atoms with Gasteiger partial charge in [-0.2, -0.15) is 5.26 Å². The summed E-state index contributed by atoms with van der Waals surface area (Å²) in [7, 11) is 0. The topological polar surface area (TPSA) is 67.4 Å². The zero-order valence-corrected chi connectivity index (χ0v) is 11.3. The highest BCUT2D eigenvalue weighted by Gasteiger charge is 2.15. The molecule has 0 aliphatic heterocycles. The lowest BCUT2D eigenvalue weighted by Gasteiger charge is -2.07. The molecule has 0 radical (unpaired) electrons. The molecule has 2 aromatic rings. The molecule has 96 valence electrons. The summed E-state index contributed by atoms with van der Waals surface area (Å²) in [5, 5.41) is 17.8. The van der Waals surface area contributed by atoms with Crippen LogP contribution in [0.15, 0.2) is 42.3 Å². The van der Waals surface area contributed by atoms with Crippen LogP contribution in [0.2, 0.25) is 0 Å². The summed E-state index contributed by atoms with van der Waals surface area (Å²) in [5.74, 6) is 0.737. The maximum absolute atomic E-state index is 8.88. The van der Waals surface area contributed by atoms with E-state index in [0.717, 1.165) is 11.4 Å². The van der Waals surface area contributed by atoms with Gasteiger partial charge in [0.25, 0.3) is 0 Å². The average molecular weight is 271 g/mol. The Morgan fingerprint density at radius 3 is 3.05 bits per heavy atom. The first kappa shape index (κ1) is 13.3. The zero-order chi connectivity index (χ0) is 13.7. The molecule has 0 fully saturated rings. The third-order valence-corrected chi connectivity index (χ3v) is 3.38. The largest absolute Gasteiger partial charge is 0.298 e. The standard InChI is InChI=1S/C13H13N5S/c1-3-7-18-12(11-5-4-6-15-9-11)16-17-13(18)19-10(2)8-14/h3-6,9-10H,1,7H2,2H3. The number of rotatable bonds is 5. The van der Waals surface area contributed by atoms with Gasteiger partial charge in [-0.15, -0.1) is 16.8 Å². The van der Waals surface area contributed by atoms with Gasteiger partial charge in [0.2, 0.25) is 0 Å². The molecule has 0 aliphatic rings. The van der Waals surface area contributed by atoms with Crippen molar-refractivity contribution < 1.29 is 0 Å². The first-order chi connectivity index (χ1) is 9.26. The molecular formula is C13H13N5S. The SMILES string of the molecule is C=CCn1c(SC(C)C#N)nnc1-c1cccnc1. The number of nitrogens with zero attached hydrogens (tertiary/aromatic N) is 5. The minimum Gasteiger partial charge on any atom is -0.298 e. The highest BCUT2D eigenvalue weighted by atomic mass is 32.2. The van der Waals surface area contributed by atoms with E-state index in [2.05, 4.69) is 27.8 Å². The molecule has 2 aromatic heterocycles. The van der Waals surface area contributed by atoms with Crippen LogP contribution in [0.3, 0.4) is 0 Å². The first-order valence-electron chi connectivity index (χ1n) is 5.77. The van der Waals surface area contributed by atoms with Gasteiger partial charge in [0.1, 0.15) is 0 Å². The molecule has 0 saturated heterocycles. The van der Waals surface area contributed by atoms with E-state index < -0.39 is 0 Å². The van der Waals surface area contributed by atoms with E-state index in [1.54, 1.807) is 18.5 Å². The number of aromatic nitrogens is 4. The lowest BCUT2D eigenvalue weighted by molar-refractivity contribution is 0.730. The summed E-state index contributed by atoms with van der Waals surface area (Å²) in [4.78, 5) is 4.08. The number of hydrogen-bond acceptors (Lipinski definition) is 5. The van der Waals surface area contributed by atoms with Crippen molar-refractivity contribution in [1.29, 1.82) is 5.26 Å². The van der Waals surface area contributed by atoms with Crippen molar-refractivity contribution >= 4 is 11.8 Å².